The zero-order valence-electron chi connectivity index (χ0n) is 9.15. The summed E-state index contributed by atoms with van der Waals surface area (Å²) in [6.07, 6.45) is 0. The molecule has 2 rings (SSSR count). The van der Waals surface area contributed by atoms with E-state index in [9.17, 15) is 13.6 Å². The van der Waals surface area contributed by atoms with Crippen LogP contribution in [0.3, 0.4) is 0 Å². The van der Waals surface area contributed by atoms with Crippen LogP contribution in [0.25, 0.3) is 0 Å². The van der Waals surface area contributed by atoms with E-state index in [2.05, 4.69) is 5.32 Å². The monoisotopic (exact) mass is 249 g/mol. The van der Waals surface area contributed by atoms with Crippen molar-refractivity contribution in [2.75, 3.05) is 5.32 Å². The Bertz CT molecular complexity index is 582. The van der Waals surface area contributed by atoms with E-state index in [1.807, 2.05) is 0 Å². The fourth-order valence-electron chi connectivity index (χ4n) is 1.44. The van der Waals surface area contributed by atoms with Crippen LogP contribution in [0.1, 0.15) is 10.4 Å². The van der Waals surface area contributed by atoms with Crippen LogP contribution in [-0.4, -0.2) is 11.1 Å². The Morgan fingerprint density at radius 3 is 2.28 bits per heavy atom. The van der Waals surface area contributed by atoms with E-state index in [0.29, 0.717) is 5.69 Å². The second-order valence-electron chi connectivity index (χ2n) is 3.63. The zero-order valence-corrected chi connectivity index (χ0v) is 9.15. The number of anilines is 2. The van der Waals surface area contributed by atoms with Crippen molar-refractivity contribution < 1.29 is 18.7 Å². The second kappa shape index (κ2) is 4.83. The maximum absolute atomic E-state index is 13.6. The molecule has 5 heteroatoms. The first kappa shape index (κ1) is 12.0. The van der Waals surface area contributed by atoms with Crippen LogP contribution in [0.4, 0.5) is 20.2 Å². The molecule has 92 valence electrons. The van der Waals surface area contributed by atoms with Gasteiger partial charge in [0.1, 0.15) is 11.6 Å². The minimum atomic E-state index is -1.19. The number of rotatable bonds is 3. The van der Waals surface area contributed by atoms with Crippen LogP contribution in [-0.2, 0) is 0 Å². The van der Waals surface area contributed by atoms with Gasteiger partial charge in [-0.15, -0.1) is 0 Å². The first-order chi connectivity index (χ1) is 8.56. The Balaban J connectivity index is 2.24. The third-order valence-corrected chi connectivity index (χ3v) is 2.34. The highest BCUT2D eigenvalue weighted by Gasteiger charge is 2.08. The van der Waals surface area contributed by atoms with Crippen molar-refractivity contribution in [1.82, 2.24) is 0 Å². The Morgan fingerprint density at radius 2 is 1.72 bits per heavy atom. The third kappa shape index (κ3) is 2.63. The van der Waals surface area contributed by atoms with Crippen molar-refractivity contribution in [3.8, 4) is 0 Å². The quantitative estimate of drug-likeness (QED) is 0.876. The topological polar surface area (TPSA) is 49.3 Å². The molecule has 0 aliphatic carbocycles. The fourth-order valence-corrected chi connectivity index (χ4v) is 1.44. The maximum atomic E-state index is 13.6. The molecular weight excluding hydrogens is 240 g/mol. The lowest BCUT2D eigenvalue weighted by molar-refractivity contribution is 0.0696. The number of benzene rings is 2. The van der Waals surface area contributed by atoms with Gasteiger partial charge in [0.05, 0.1) is 11.3 Å². The molecule has 0 amide bonds. The number of halogens is 2. The van der Waals surface area contributed by atoms with Gasteiger partial charge in [0.15, 0.2) is 0 Å². The first-order valence-electron chi connectivity index (χ1n) is 5.12. The molecule has 2 N–H and O–H groups in total. The number of carboxylic acids is 1. The molecule has 0 spiro atoms. The van der Waals surface area contributed by atoms with Crippen LogP contribution < -0.4 is 5.32 Å². The molecule has 0 saturated carbocycles. The lowest BCUT2D eigenvalue weighted by Crippen LogP contribution is -1.99. The molecule has 2 aromatic rings. The smallest absolute Gasteiger partial charge is 0.335 e. The molecule has 0 bridgehead atoms. The molecule has 0 aliphatic rings. The molecule has 0 saturated heterocycles. The van der Waals surface area contributed by atoms with Crippen molar-refractivity contribution >= 4 is 17.3 Å². The van der Waals surface area contributed by atoms with Gasteiger partial charge in [-0.3, -0.25) is 0 Å². The summed E-state index contributed by atoms with van der Waals surface area (Å²) < 4.78 is 26.3. The number of carboxylic acid groups (broad SMARTS) is 1. The molecule has 0 aliphatic heterocycles. The van der Waals surface area contributed by atoms with E-state index in [-0.39, 0.29) is 17.1 Å². The molecule has 18 heavy (non-hydrogen) atoms. The van der Waals surface area contributed by atoms with Gasteiger partial charge in [-0.25, -0.2) is 13.6 Å². The van der Waals surface area contributed by atoms with Gasteiger partial charge in [0.25, 0.3) is 0 Å². The van der Waals surface area contributed by atoms with E-state index >= 15 is 0 Å². The van der Waals surface area contributed by atoms with Crippen LogP contribution in [0.2, 0.25) is 0 Å². The van der Waals surface area contributed by atoms with Gasteiger partial charge in [-0.2, -0.15) is 0 Å². The standard InChI is InChI=1S/C13H9F2NO2/c14-9-2-4-10(5-3-9)16-12-6-1-8(13(17)18)7-11(12)15/h1-7,16H,(H,17,18). The number of nitrogens with one attached hydrogen (secondary N) is 1. The van der Waals surface area contributed by atoms with Gasteiger partial charge in [0, 0.05) is 5.69 Å². The maximum Gasteiger partial charge on any atom is 0.335 e. The highest BCUT2D eigenvalue weighted by molar-refractivity contribution is 5.88. The van der Waals surface area contributed by atoms with Crippen molar-refractivity contribution in [3.05, 3.63) is 59.7 Å². The Labute approximate surface area is 102 Å². The average molecular weight is 249 g/mol. The Hall–Kier alpha value is -2.43. The van der Waals surface area contributed by atoms with Crippen LogP contribution >= 0.6 is 0 Å². The van der Waals surface area contributed by atoms with E-state index in [1.54, 1.807) is 0 Å². The molecule has 2 aromatic carbocycles. The highest BCUT2D eigenvalue weighted by Crippen LogP contribution is 2.21. The summed E-state index contributed by atoms with van der Waals surface area (Å²) >= 11 is 0. The highest BCUT2D eigenvalue weighted by atomic mass is 19.1. The summed E-state index contributed by atoms with van der Waals surface area (Å²) in [6.45, 7) is 0. The van der Waals surface area contributed by atoms with Crippen molar-refractivity contribution in [1.29, 1.82) is 0 Å². The second-order valence-corrected chi connectivity index (χ2v) is 3.63. The largest absolute Gasteiger partial charge is 0.478 e. The minimum absolute atomic E-state index is 0.128. The lowest BCUT2D eigenvalue weighted by Gasteiger charge is -2.08. The molecule has 0 atom stereocenters. The van der Waals surface area contributed by atoms with Gasteiger partial charge < -0.3 is 10.4 Å². The zero-order chi connectivity index (χ0) is 13.1. The number of hydrogen-bond acceptors (Lipinski definition) is 2. The number of hydrogen-bond donors (Lipinski definition) is 2. The Morgan fingerprint density at radius 1 is 1.06 bits per heavy atom. The van der Waals surface area contributed by atoms with Crippen LogP contribution in [0.15, 0.2) is 42.5 Å². The van der Waals surface area contributed by atoms with Gasteiger partial charge in [-0.1, -0.05) is 0 Å². The molecule has 0 fully saturated rings. The summed E-state index contributed by atoms with van der Waals surface area (Å²) in [5.41, 5.74) is 0.516. The summed E-state index contributed by atoms with van der Waals surface area (Å²) in [7, 11) is 0. The van der Waals surface area contributed by atoms with Gasteiger partial charge in [0.2, 0.25) is 0 Å². The van der Waals surface area contributed by atoms with E-state index in [0.717, 1.165) is 6.07 Å². The summed E-state index contributed by atoms with van der Waals surface area (Å²) in [5, 5.41) is 11.4. The predicted octanol–water partition coefficient (Wildman–Crippen LogP) is 3.41. The average Bonchev–Trinajstić information content (AvgIpc) is 2.34. The summed E-state index contributed by atoms with van der Waals surface area (Å²) in [5.74, 6) is -2.26. The van der Waals surface area contributed by atoms with E-state index in [1.165, 1.54) is 36.4 Å². The molecule has 0 heterocycles. The molecule has 3 nitrogen and oxygen atoms in total. The Kier molecular flexibility index (Phi) is 3.23. The van der Waals surface area contributed by atoms with Gasteiger partial charge in [-0.05, 0) is 42.5 Å². The normalized spacial score (nSPS) is 10.1. The van der Waals surface area contributed by atoms with Crippen molar-refractivity contribution in [2.45, 2.75) is 0 Å². The van der Waals surface area contributed by atoms with Crippen LogP contribution in [0, 0.1) is 11.6 Å². The third-order valence-electron chi connectivity index (χ3n) is 2.34. The summed E-state index contributed by atoms with van der Waals surface area (Å²) in [4.78, 5) is 10.6. The molecular formula is C13H9F2NO2. The van der Waals surface area contributed by atoms with E-state index in [4.69, 9.17) is 5.11 Å². The van der Waals surface area contributed by atoms with E-state index < -0.39 is 11.8 Å². The molecule has 0 aromatic heterocycles. The number of aromatic carboxylic acids is 1. The number of carbonyl (C=O) groups is 1. The SMILES string of the molecule is O=C(O)c1ccc(Nc2ccc(F)cc2)c(F)c1. The molecule has 0 unspecified atom stereocenters. The fraction of sp³-hybridized carbons (Fsp3) is 0. The van der Waals surface area contributed by atoms with Crippen LogP contribution in [0.5, 0.6) is 0 Å². The van der Waals surface area contributed by atoms with Crippen molar-refractivity contribution in [3.63, 3.8) is 0 Å². The predicted molar refractivity (Wildman–Crippen MR) is 63.0 cm³/mol. The minimum Gasteiger partial charge on any atom is -0.478 e. The van der Waals surface area contributed by atoms with Gasteiger partial charge >= 0.3 is 5.97 Å². The lowest BCUT2D eigenvalue weighted by atomic mass is 10.2. The first-order valence-corrected chi connectivity index (χ1v) is 5.12. The summed E-state index contributed by atoms with van der Waals surface area (Å²) in [6, 6.07) is 8.94. The molecule has 0 radical (unpaired) electrons. The van der Waals surface area contributed by atoms with Crippen molar-refractivity contribution in [2.24, 2.45) is 0 Å².